The smallest absolute Gasteiger partial charge is 0.247 e. The van der Waals surface area contributed by atoms with Crippen LogP contribution in [0.25, 0.3) is 11.0 Å². The van der Waals surface area contributed by atoms with Crippen LogP contribution in [0.5, 0.6) is 0 Å². The number of benzene rings is 1. The molecule has 35 heavy (non-hydrogen) atoms. The van der Waals surface area contributed by atoms with Gasteiger partial charge in [-0.1, -0.05) is 6.58 Å². The SMILES string of the molecule is C=CC(=O)Nc1cc2nc(N3C[C@@H](F)C[C@@H](Nc4ncc(C#N)c(N(C)C)n4)C3)n(C)c2cc1C. The zero-order chi connectivity index (χ0) is 25.3. The van der Waals surface area contributed by atoms with Crippen molar-refractivity contribution in [3.8, 4) is 6.07 Å². The van der Waals surface area contributed by atoms with E-state index < -0.39 is 6.17 Å². The quantitative estimate of drug-likeness (QED) is 0.521. The number of nitrogens with one attached hydrogen (secondary N) is 2. The van der Waals surface area contributed by atoms with E-state index in [1.807, 2.05) is 35.6 Å². The van der Waals surface area contributed by atoms with Gasteiger partial charge in [0.25, 0.3) is 0 Å². The number of imidazole rings is 1. The van der Waals surface area contributed by atoms with E-state index in [0.29, 0.717) is 47.4 Å². The van der Waals surface area contributed by atoms with E-state index >= 15 is 0 Å². The number of fused-ring (bicyclic) bond motifs is 1. The summed E-state index contributed by atoms with van der Waals surface area (Å²) in [5.74, 6) is 1.18. The lowest BCUT2D eigenvalue weighted by atomic mass is 10.0. The summed E-state index contributed by atoms with van der Waals surface area (Å²) in [7, 11) is 5.49. The minimum atomic E-state index is -1.07. The number of anilines is 4. The number of halogens is 1. The van der Waals surface area contributed by atoms with Crippen LogP contribution in [-0.4, -0.2) is 64.8 Å². The Kier molecular flexibility index (Phi) is 6.55. The molecule has 4 rings (SSSR count). The van der Waals surface area contributed by atoms with Crippen molar-refractivity contribution in [2.45, 2.75) is 25.6 Å². The van der Waals surface area contributed by atoms with Gasteiger partial charge >= 0.3 is 0 Å². The Morgan fingerprint density at radius 3 is 2.80 bits per heavy atom. The van der Waals surface area contributed by atoms with Gasteiger partial charge < -0.3 is 25.0 Å². The van der Waals surface area contributed by atoms with Crippen LogP contribution in [0.2, 0.25) is 0 Å². The minimum absolute atomic E-state index is 0.214. The fraction of sp³-hybridized carbons (Fsp3) is 0.375. The number of carbonyl (C=O) groups is 1. The molecule has 11 heteroatoms. The first kappa shape index (κ1) is 23.9. The summed E-state index contributed by atoms with van der Waals surface area (Å²) >= 11 is 0. The number of hydrogen-bond acceptors (Lipinski definition) is 8. The molecule has 0 saturated carbocycles. The molecule has 0 unspecified atom stereocenters. The highest BCUT2D eigenvalue weighted by atomic mass is 19.1. The van der Waals surface area contributed by atoms with Crippen molar-refractivity contribution in [1.82, 2.24) is 19.5 Å². The number of alkyl halides is 1. The monoisotopic (exact) mass is 477 g/mol. The summed E-state index contributed by atoms with van der Waals surface area (Å²) in [5, 5.41) is 15.3. The van der Waals surface area contributed by atoms with Gasteiger partial charge in [-0.25, -0.2) is 14.4 Å². The van der Waals surface area contributed by atoms with Crippen molar-refractivity contribution in [1.29, 1.82) is 5.26 Å². The highest BCUT2D eigenvalue weighted by Crippen LogP contribution is 2.29. The molecule has 10 nitrogen and oxygen atoms in total. The molecule has 2 aromatic heterocycles. The first-order chi connectivity index (χ1) is 16.7. The molecule has 1 fully saturated rings. The number of hydrogen-bond donors (Lipinski definition) is 2. The zero-order valence-corrected chi connectivity index (χ0v) is 20.2. The van der Waals surface area contributed by atoms with Gasteiger partial charge in [-0.15, -0.1) is 0 Å². The lowest BCUT2D eigenvalue weighted by Crippen LogP contribution is -2.48. The van der Waals surface area contributed by atoms with Gasteiger partial charge in [0.1, 0.15) is 17.8 Å². The van der Waals surface area contributed by atoms with Crippen LogP contribution in [-0.2, 0) is 11.8 Å². The molecule has 182 valence electrons. The van der Waals surface area contributed by atoms with Gasteiger partial charge in [0.15, 0.2) is 5.82 Å². The van der Waals surface area contributed by atoms with Gasteiger partial charge in [0, 0.05) is 45.8 Å². The maximum absolute atomic E-state index is 14.8. The average molecular weight is 478 g/mol. The second kappa shape index (κ2) is 9.58. The molecule has 1 amide bonds. The number of nitrogens with zero attached hydrogens (tertiary/aromatic N) is 7. The van der Waals surface area contributed by atoms with Crippen LogP contribution < -0.4 is 20.4 Å². The Morgan fingerprint density at radius 2 is 2.11 bits per heavy atom. The van der Waals surface area contributed by atoms with E-state index in [4.69, 9.17) is 4.98 Å². The first-order valence-electron chi connectivity index (χ1n) is 11.2. The minimum Gasteiger partial charge on any atom is -0.361 e. The molecular weight excluding hydrogens is 449 g/mol. The predicted octanol–water partition coefficient (Wildman–Crippen LogP) is 2.76. The Morgan fingerprint density at radius 1 is 1.34 bits per heavy atom. The highest BCUT2D eigenvalue weighted by molar-refractivity contribution is 6.00. The molecule has 0 radical (unpaired) electrons. The Balaban J connectivity index is 1.60. The first-order valence-corrected chi connectivity index (χ1v) is 11.2. The Hall–Kier alpha value is -4.20. The van der Waals surface area contributed by atoms with Crippen molar-refractivity contribution in [3.63, 3.8) is 0 Å². The maximum atomic E-state index is 14.8. The van der Waals surface area contributed by atoms with Crippen LogP contribution in [0, 0.1) is 18.3 Å². The zero-order valence-electron chi connectivity index (χ0n) is 20.2. The van der Waals surface area contributed by atoms with E-state index in [2.05, 4.69) is 33.2 Å². The second-order valence-corrected chi connectivity index (χ2v) is 8.84. The molecular formula is C24H28FN9O. The van der Waals surface area contributed by atoms with Crippen LogP contribution in [0.3, 0.4) is 0 Å². The van der Waals surface area contributed by atoms with Crippen LogP contribution in [0.1, 0.15) is 17.5 Å². The number of aryl methyl sites for hydroxylation is 2. The van der Waals surface area contributed by atoms with Gasteiger partial charge in [-0.3, -0.25) is 4.79 Å². The summed E-state index contributed by atoms with van der Waals surface area (Å²) in [6.45, 7) is 6.11. The third kappa shape index (κ3) is 4.87. The molecule has 2 atom stereocenters. The number of piperidine rings is 1. The van der Waals surface area contributed by atoms with E-state index in [0.717, 1.165) is 11.1 Å². The summed E-state index contributed by atoms with van der Waals surface area (Å²) < 4.78 is 16.8. The van der Waals surface area contributed by atoms with Crippen molar-refractivity contribution in [2.24, 2.45) is 7.05 Å². The lowest BCUT2D eigenvalue weighted by Gasteiger charge is -2.35. The van der Waals surface area contributed by atoms with Crippen molar-refractivity contribution in [2.75, 3.05) is 47.6 Å². The molecule has 1 aromatic carbocycles. The van der Waals surface area contributed by atoms with Crippen LogP contribution in [0.15, 0.2) is 31.0 Å². The standard InChI is InChI=1S/C24H28FN9O/c1-6-21(35)29-18-9-19-20(7-14(18)2)33(5)24(30-19)34-12-16(25)8-17(13-34)28-23-27-11-15(10-26)22(31-23)32(3)4/h6-7,9,11,16-17H,1,8,12-13H2,2-5H3,(H,29,35)(H,27,28,31)/t16-,17+/m0/s1. The number of aromatic nitrogens is 4. The molecule has 1 aliphatic rings. The topological polar surface area (TPSA) is 115 Å². The average Bonchev–Trinajstić information content (AvgIpc) is 3.14. The van der Waals surface area contributed by atoms with Crippen molar-refractivity contribution in [3.05, 3.63) is 42.1 Å². The third-order valence-corrected chi connectivity index (χ3v) is 5.97. The summed E-state index contributed by atoms with van der Waals surface area (Å²) in [6, 6.07) is 5.59. The van der Waals surface area contributed by atoms with Gasteiger partial charge in [0.2, 0.25) is 17.8 Å². The van der Waals surface area contributed by atoms with E-state index in [-0.39, 0.29) is 18.5 Å². The summed E-state index contributed by atoms with van der Waals surface area (Å²) in [4.78, 5) is 28.8. The van der Waals surface area contributed by atoms with Crippen LogP contribution >= 0.6 is 0 Å². The fourth-order valence-corrected chi connectivity index (χ4v) is 4.28. The molecule has 2 N–H and O–H groups in total. The third-order valence-electron chi connectivity index (χ3n) is 5.97. The maximum Gasteiger partial charge on any atom is 0.247 e. The summed E-state index contributed by atoms with van der Waals surface area (Å²) in [5.41, 5.74) is 3.49. The van der Waals surface area contributed by atoms with E-state index in [9.17, 15) is 14.4 Å². The van der Waals surface area contributed by atoms with E-state index in [1.54, 1.807) is 19.0 Å². The van der Waals surface area contributed by atoms with Gasteiger partial charge in [0.05, 0.1) is 23.8 Å². The molecule has 1 aliphatic heterocycles. The molecule has 0 spiro atoms. The molecule has 3 heterocycles. The highest BCUT2D eigenvalue weighted by Gasteiger charge is 2.30. The molecule has 0 aliphatic carbocycles. The predicted molar refractivity (Wildman–Crippen MR) is 134 cm³/mol. The number of rotatable bonds is 6. The van der Waals surface area contributed by atoms with E-state index in [1.165, 1.54) is 12.3 Å². The largest absolute Gasteiger partial charge is 0.361 e. The molecule has 3 aromatic rings. The van der Waals surface area contributed by atoms with Crippen LogP contribution in [0.4, 0.5) is 27.8 Å². The number of amides is 1. The van der Waals surface area contributed by atoms with Gasteiger partial charge in [-0.2, -0.15) is 10.2 Å². The number of carbonyl (C=O) groups excluding carboxylic acids is 1. The fourth-order valence-electron chi connectivity index (χ4n) is 4.28. The molecule has 1 saturated heterocycles. The Labute approximate surface area is 203 Å². The normalized spacial score (nSPS) is 17.7. The Bertz CT molecular complexity index is 1330. The number of nitriles is 1. The van der Waals surface area contributed by atoms with Crippen molar-refractivity contribution >= 4 is 40.3 Å². The molecule has 0 bridgehead atoms. The van der Waals surface area contributed by atoms with Gasteiger partial charge in [-0.05, 0) is 30.7 Å². The lowest BCUT2D eigenvalue weighted by molar-refractivity contribution is -0.111. The van der Waals surface area contributed by atoms with Crippen molar-refractivity contribution < 1.29 is 9.18 Å². The second-order valence-electron chi connectivity index (χ2n) is 8.84. The summed E-state index contributed by atoms with van der Waals surface area (Å²) in [6.07, 6.45) is 1.92.